The first-order valence-electron chi connectivity index (χ1n) is 5.62. The second-order valence-electron chi connectivity index (χ2n) is 3.96. The van der Waals surface area contributed by atoms with Crippen LogP contribution in [0.5, 0.6) is 11.5 Å². The van der Waals surface area contributed by atoms with Crippen molar-refractivity contribution < 1.29 is 14.2 Å². The minimum absolute atomic E-state index is 0.0461. The molecular weight excluding hydrogens is 247 g/mol. The SMILES string of the molecule is N=C(N)c1cc(F)ccc1Oc1ccc(CO)cc1. The summed E-state index contributed by atoms with van der Waals surface area (Å²) >= 11 is 0. The Balaban J connectivity index is 2.29. The summed E-state index contributed by atoms with van der Waals surface area (Å²) in [4.78, 5) is 0. The Morgan fingerprint density at radius 1 is 1.21 bits per heavy atom. The zero-order chi connectivity index (χ0) is 13.8. The zero-order valence-electron chi connectivity index (χ0n) is 10.1. The summed E-state index contributed by atoms with van der Waals surface area (Å²) in [6.07, 6.45) is 0. The van der Waals surface area contributed by atoms with Crippen molar-refractivity contribution in [2.45, 2.75) is 6.61 Å². The van der Waals surface area contributed by atoms with E-state index in [-0.39, 0.29) is 18.0 Å². The average molecular weight is 260 g/mol. The highest BCUT2D eigenvalue weighted by Gasteiger charge is 2.09. The van der Waals surface area contributed by atoms with Gasteiger partial charge in [-0.25, -0.2) is 4.39 Å². The molecule has 98 valence electrons. The highest BCUT2D eigenvalue weighted by molar-refractivity contribution is 5.97. The summed E-state index contributed by atoms with van der Waals surface area (Å²) in [6, 6.07) is 10.6. The number of hydrogen-bond acceptors (Lipinski definition) is 3. The monoisotopic (exact) mass is 260 g/mol. The van der Waals surface area contributed by atoms with Crippen LogP contribution in [0.1, 0.15) is 11.1 Å². The molecule has 2 rings (SSSR count). The molecule has 0 amide bonds. The maximum atomic E-state index is 13.1. The van der Waals surface area contributed by atoms with Crippen LogP contribution in [-0.4, -0.2) is 10.9 Å². The molecule has 0 saturated heterocycles. The Morgan fingerprint density at radius 3 is 2.47 bits per heavy atom. The number of nitrogens with one attached hydrogen (secondary N) is 1. The molecule has 0 saturated carbocycles. The van der Waals surface area contributed by atoms with Gasteiger partial charge in [-0.1, -0.05) is 12.1 Å². The van der Waals surface area contributed by atoms with Gasteiger partial charge in [0.1, 0.15) is 23.2 Å². The molecule has 0 aliphatic carbocycles. The van der Waals surface area contributed by atoms with Gasteiger partial charge >= 0.3 is 0 Å². The van der Waals surface area contributed by atoms with Crippen LogP contribution in [0.2, 0.25) is 0 Å². The van der Waals surface area contributed by atoms with E-state index in [2.05, 4.69) is 0 Å². The third kappa shape index (κ3) is 3.08. The highest BCUT2D eigenvalue weighted by atomic mass is 19.1. The van der Waals surface area contributed by atoms with Gasteiger partial charge in [0.25, 0.3) is 0 Å². The lowest BCUT2D eigenvalue weighted by atomic mass is 10.1. The van der Waals surface area contributed by atoms with Crippen molar-refractivity contribution in [3.05, 3.63) is 59.4 Å². The number of aliphatic hydroxyl groups is 1. The van der Waals surface area contributed by atoms with E-state index in [0.717, 1.165) is 11.6 Å². The van der Waals surface area contributed by atoms with Crippen molar-refractivity contribution >= 4 is 5.84 Å². The lowest BCUT2D eigenvalue weighted by Gasteiger charge is -2.10. The van der Waals surface area contributed by atoms with Crippen molar-refractivity contribution in [3.8, 4) is 11.5 Å². The lowest BCUT2D eigenvalue weighted by molar-refractivity contribution is 0.281. The molecule has 0 aliphatic heterocycles. The van der Waals surface area contributed by atoms with E-state index >= 15 is 0 Å². The highest BCUT2D eigenvalue weighted by Crippen LogP contribution is 2.26. The molecule has 5 heteroatoms. The standard InChI is InChI=1S/C14H13FN2O2/c15-10-3-6-13(12(7-10)14(16)17)19-11-4-1-9(8-18)2-5-11/h1-7,18H,8H2,(H3,16,17). The van der Waals surface area contributed by atoms with Gasteiger partial charge in [0.2, 0.25) is 0 Å². The van der Waals surface area contributed by atoms with Gasteiger partial charge in [0.05, 0.1) is 12.2 Å². The van der Waals surface area contributed by atoms with Gasteiger partial charge in [-0.2, -0.15) is 0 Å². The van der Waals surface area contributed by atoms with Crippen LogP contribution in [0.4, 0.5) is 4.39 Å². The van der Waals surface area contributed by atoms with Gasteiger partial charge < -0.3 is 15.6 Å². The fourth-order valence-corrected chi connectivity index (χ4v) is 1.59. The molecule has 0 radical (unpaired) electrons. The Bertz CT molecular complexity index is 597. The van der Waals surface area contributed by atoms with Gasteiger partial charge in [-0.3, -0.25) is 5.41 Å². The van der Waals surface area contributed by atoms with E-state index in [4.69, 9.17) is 21.0 Å². The van der Waals surface area contributed by atoms with Crippen molar-refractivity contribution in [2.24, 2.45) is 5.73 Å². The van der Waals surface area contributed by atoms with Crippen molar-refractivity contribution in [3.63, 3.8) is 0 Å². The summed E-state index contributed by atoms with van der Waals surface area (Å²) in [7, 11) is 0. The van der Waals surface area contributed by atoms with Crippen LogP contribution >= 0.6 is 0 Å². The molecule has 0 bridgehead atoms. The fraction of sp³-hybridized carbons (Fsp3) is 0.0714. The van der Waals surface area contributed by atoms with Gasteiger partial charge in [-0.15, -0.1) is 0 Å². The lowest BCUT2D eigenvalue weighted by Crippen LogP contribution is -2.12. The molecule has 0 spiro atoms. The number of halogens is 1. The summed E-state index contributed by atoms with van der Waals surface area (Å²) < 4.78 is 18.7. The minimum Gasteiger partial charge on any atom is -0.457 e. The molecular formula is C14H13FN2O2. The predicted molar refractivity (Wildman–Crippen MR) is 69.9 cm³/mol. The smallest absolute Gasteiger partial charge is 0.138 e. The summed E-state index contributed by atoms with van der Waals surface area (Å²) in [6.45, 7) is -0.0461. The summed E-state index contributed by atoms with van der Waals surface area (Å²) in [5, 5.41) is 16.3. The molecule has 0 aliphatic rings. The van der Waals surface area contributed by atoms with E-state index in [1.165, 1.54) is 12.1 Å². The molecule has 2 aromatic carbocycles. The van der Waals surface area contributed by atoms with Gasteiger partial charge in [-0.05, 0) is 35.9 Å². The fourth-order valence-electron chi connectivity index (χ4n) is 1.59. The molecule has 0 heterocycles. The van der Waals surface area contributed by atoms with Gasteiger partial charge in [0.15, 0.2) is 0 Å². The number of ether oxygens (including phenoxy) is 1. The Labute approximate surface area is 109 Å². The second-order valence-corrected chi connectivity index (χ2v) is 3.96. The predicted octanol–water partition coefficient (Wildman–Crippen LogP) is 2.39. The zero-order valence-corrected chi connectivity index (χ0v) is 10.1. The normalized spacial score (nSPS) is 10.2. The first-order chi connectivity index (χ1) is 9.10. The van der Waals surface area contributed by atoms with E-state index < -0.39 is 5.82 Å². The number of hydrogen-bond donors (Lipinski definition) is 3. The minimum atomic E-state index is -0.479. The molecule has 2 aromatic rings. The van der Waals surface area contributed by atoms with Crippen LogP contribution in [-0.2, 0) is 6.61 Å². The van der Waals surface area contributed by atoms with Crippen molar-refractivity contribution in [1.82, 2.24) is 0 Å². The molecule has 0 atom stereocenters. The van der Waals surface area contributed by atoms with Crippen LogP contribution in [0.25, 0.3) is 0 Å². The topological polar surface area (TPSA) is 79.3 Å². The van der Waals surface area contributed by atoms with E-state index in [1.54, 1.807) is 24.3 Å². The Kier molecular flexibility index (Phi) is 3.77. The van der Waals surface area contributed by atoms with Crippen LogP contribution in [0.15, 0.2) is 42.5 Å². The third-order valence-corrected chi connectivity index (χ3v) is 2.57. The van der Waals surface area contributed by atoms with Gasteiger partial charge in [0, 0.05) is 0 Å². The Hall–Kier alpha value is -2.40. The number of nitrogen functional groups attached to an aromatic ring is 1. The van der Waals surface area contributed by atoms with E-state index in [9.17, 15) is 4.39 Å². The summed E-state index contributed by atoms with van der Waals surface area (Å²) in [5.41, 5.74) is 6.35. The average Bonchev–Trinajstić information content (AvgIpc) is 2.41. The number of aliphatic hydroxyl groups excluding tert-OH is 1. The second kappa shape index (κ2) is 5.49. The first kappa shape index (κ1) is 13.0. The van der Waals surface area contributed by atoms with Crippen LogP contribution in [0, 0.1) is 11.2 Å². The molecule has 0 fully saturated rings. The number of nitrogens with two attached hydrogens (primary N) is 1. The van der Waals surface area contributed by atoms with Crippen LogP contribution in [0.3, 0.4) is 0 Å². The maximum Gasteiger partial charge on any atom is 0.138 e. The molecule has 0 aromatic heterocycles. The number of benzene rings is 2. The molecule has 19 heavy (non-hydrogen) atoms. The number of amidine groups is 1. The quantitative estimate of drug-likeness (QED) is 0.583. The van der Waals surface area contributed by atoms with E-state index in [1.807, 2.05) is 0 Å². The van der Waals surface area contributed by atoms with Crippen LogP contribution < -0.4 is 10.5 Å². The molecule has 4 nitrogen and oxygen atoms in total. The van der Waals surface area contributed by atoms with Crippen molar-refractivity contribution in [2.75, 3.05) is 0 Å². The molecule has 4 N–H and O–H groups in total. The maximum absolute atomic E-state index is 13.1. The van der Waals surface area contributed by atoms with Crippen molar-refractivity contribution in [1.29, 1.82) is 5.41 Å². The molecule has 0 unspecified atom stereocenters. The largest absolute Gasteiger partial charge is 0.457 e. The summed E-state index contributed by atoms with van der Waals surface area (Å²) in [5.74, 6) is 0.0895. The third-order valence-electron chi connectivity index (χ3n) is 2.57. The number of rotatable bonds is 4. The Morgan fingerprint density at radius 2 is 1.89 bits per heavy atom. The van der Waals surface area contributed by atoms with E-state index in [0.29, 0.717) is 11.5 Å². The first-order valence-corrected chi connectivity index (χ1v) is 5.62.